The van der Waals surface area contributed by atoms with Crippen molar-refractivity contribution < 1.29 is 4.79 Å². The molecule has 2 aromatic carbocycles. The monoisotopic (exact) mass is 509 g/mol. The van der Waals surface area contributed by atoms with Crippen LogP contribution in [-0.4, -0.2) is 26.9 Å². The Kier molecular flexibility index (Phi) is 9.35. The van der Waals surface area contributed by atoms with E-state index in [1.807, 2.05) is 42.2 Å². The lowest BCUT2D eigenvalue weighted by Crippen LogP contribution is -2.39. The predicted octanol–water partition coefficient (Wildman–Crippen LogP) is 7.58. The van der Waals surface area contributed by atoms with Crippen molar-refractivity contribution in [1.82, 2.24) is 14.5 Å². The molecule has 6 heteroatoms. The largest absolute Gasteiger partial charge is 0.333 e. The number of carbonyl (C=O) groups excluding carboxylic acids is 1. The average Bonchev–Trinajstić information content (AvgIpc) is 2.81. The molecule has 2 atom stereocenters. The van der Waals surface area contributed by atoms with Crippen LogP contribution in [0.3, 0.4) is 0 Å². The predicted molar refractivity (Wildman–Crippen MR) is 150 cm³/mol. The van der Waals surface area contributed by atoms with Gasteiger partial charge in [-0.25, -0.2) is 4.98 Å². The van der Waals surface area contributed by atoms with E-state index in [0.29, 0.717) is 40.4 Å². The average molecular weight is 510 g/mol. The van der Waals surface area contributed by atoms with Crippen molar-refractivity contribution in [2.75, 3.05) is 6.54 Å². The van der Waals surface area contributed by atoms with Gasteiger partial charge in [0.25, 0.3) is 5.56 Å². The van der Waals surface area contributed by atoms with Crippen LogP contribution < -0.4 is 5.56 Å². The highest BCUT2D eigenvalue weighted by molar-refractivity contribution is 6.30. The third-order valence-electron chi connectivity index (χ3n) is 6.53. The van der Waals surface area contributed by atoms with Crippen molar-refractivity contribution in [1.29, 1.82) is 0 Å². The fraction of sp³-hybridized carbons (Fsp3) is 0.500. The Morgan fingerprint density at radius 1 is 1.06 bits per heavy atom. The topological polar surface area (TPSA) is 55.2 Å². The van der Waals surface area contributed by atoms with Crippen LogP contribution in [0.25, 0.3) is 16.6 Å². The second-order valence-corrected chi connectivity index (χ2v) is 11.6. The lowest BCUT2D eigenvalue weighted by atomic mass is 9.84. The summed E-state index contributed by atoms with van der Waals surface area (Å²) in [6.07, 6.45) is 4.48. The van der Waals surface area contributed by atoms with Gasteiger partial charge >= 0.3 is 0 Å². The van der Waals surface area contributed by atoms with Gasteiger partial charge in [0, 0.05) is 18.0 Å². The molecule has 3 rings (SSSR count). The highest BCUT2D eigenvalue weighted by atomic mass is 35.5. The number of hydrogen-bond donors (Lipinski definition) is 0. The molecule has 3 aromatic rings. The summed E-state index contributed by atoms with van der Waals surface area (Å²) < 4.78 is 1.64. The van der Waals surface area contributed by atoms with Crippen LogP contribution in [0.15, 0.2) is 53.3 Å². The Hall–Kier alpha value is -2.66. The van der Waals surface area contributed by atoms with E-state index in [4.69, 9.17) is 16.6 Å². The van der Waals surface area contributed by atoms with Gasteiger partial charge in [0.05, 0.1) is 22.6 Å². The van der Waals surface area contributed by atoms with Crippen molar-refractivity contribution in [2.24, 2.45) is 11.3 Å². The lowest BCUT2D eigenvalue weighted by Gasteiger charge is -2.32. The number of fused-ring (bicyclic) bond motifs is 1. The fourth-order valence-electron chi connectivity index (χ4n) is 5.01. The molecule has 0 spiro atoms. The highest BCUT2D eigenvalue weighted by Gasteiger charge is 2.28. The number of unbranched alkanes of at least 4 members (excludes halogenated alkanes) is 2. The maximum atomic E-state index is 13.7. The van der Waals surface area contributed by atoms with E-state index >= 15 is 0 Å². The minimum atomic E-state index is -0.371. The summed E-state index contributed by atoms with van der Waals surface area (Å²) in [6, 6.07) is 14.2. The third-order valence-corrected chi connectivity index (χ3v) is 6.79. The maximum absolute atomic E-state index is 13.7. The Morgan fingerprint density at radius 2 is 1.72 bits per heavy atom. The van der Waals surface area contributed by atoms with Crippen LogP contribution in [0.1, 0.15) is 85.5 Å². The lowest BCUT2D eigenvalue weighted by molar-refractivity contribution is -0.134. The van der Waals surface area contributed by atoms with Gasteiger partial charge in [-0.1, -0.05) is 71.2 Å². The van der Waals surface area contributed by atoms with Crippen LogP contribution in [0.5, 0.6) is 0 Å². The molecule has 2 unspecified atom stereocenters. The molecule has 36 heavy (non-hydrogen) atoms. The summed E-state index contributed by atoms with van der Waals surface area (Å²) in [5.74, 6) is 0.941. The Balaban J connectivity index is 2.08. The molecular formula is C30H40ClN3O2. The summed E-state index contributed by atoms with van der Waals surface area (Å²) in [5, 5.41) is 1.14. The van der Waals surface area contributed by atoms with Crippen LogP contribution in [0.4, 0.5) is 0 Å². The number of nitrogens with zero attached hydrogens (tertiary/aromatic N) is 3. The summed E-state index contributed by atoms with van der Waals surface area (Å²) in [4.78, 5) is 34.3. The van der Waals surface area contributed by atoms with Gasteiger partial charge in [-0.05, 0) is 67.5 Å². The molecule has 1 amide bonds. The number of halogens is 1. The highest BCUT2D eigenvalue weighted by Crippen LogP contribution is 2.29. The second-order valence-electron chi connectivity index (χ2n) is 11.1. The zero-order valence-electron chi connectivity index (χ0n) is 22.6. The molecule has 1 aromatic heterocycles. The van der Waals surface area contributed by atoms with Gasteiger partial charge in [0.2, 0.25) is 5.91 Å². The Labute approximate surface area is 220 Å². The maximum Gasteiger partial charge on any atom is 0.266 e. The summed E-state index contributed by atoms with van der Waals surface area (Å²) in [6.45, 7) is 13.6. The standard InChI is InChI=1S/C30H40ClN3O2/c1-7-8-11-18-33(27(35)19-21(2)20-30(4,5)6)22(3)28-32-26-13-10-9-12-25(26)29(36)34(28)24-16-14-23(31)15-17-24/h9-10,12-17,21-22H,7-8,11,18-20H2,1-6H3. The van der Waals surface area contributed by atoms with E-state index in [-0.39, 0.29) is 28.8 Å². The number of carbonyl (C=O) groups is 1. The molecule has 0 aliphatic rings. The van der Waals surface area contributed by atoms with Crippen LogP contribution in [0, 0.1) is 11.3 Å². The number of benzene rings is 2. The smallest absolute Gasteiger partial charge is 0.266 e. The summed E-state index contributed by atoms with van der Waals surface area (Å²) >= 11 is 6.14. The Morgan fingerprint density at radius 3 is 2.36 bits per heavy atom. The van der Waals surface area contributed by atoms with Gasteiger partial charge in [-0.3, -0.25) is 14.2 Å². The molecule has 0 saturated heterocycles. The number of aromatic nitrogens is 2. The molecule has 194 valence electrons. The molecule has 0 radical (unpaired) electrons. The first kappa shape index (κ1) is 27.9. The molecule has 0 saturated carbocycles. The molecule has 5 nitrogen and oxygen atoms in total. The Bertz CT molecular complexity index is 1230. The summed E-state index contributed by atoms with van der Waals surface area (Å²) in [7, 11) is 0. The number of amides is 1. The molecule has 0 aliphatic heterocycles. The molecule has 0 fully saturated rings. The number of hydrogen-bond acceptors (Lipinski definition) is 3. The van der Waals surface area contributed by atoms with E-state index in [9.17, 15) is 9.59 Å². The van der Waals surface area contributed by atoms with Crippen molar-refractivity contribution in [3.8, 4) is 5.69 Å². The van der Waals surface area contributed by atoms with E-state index in [1.54, 1.807) is 22.8 Å². The summed E-state index contributed by atoms with van der Waals surface area (Å²) in [5.41, 5.74) is 1.34. The minimum absolute atomic E-state index is 0.111. The van der Waals surface area contributed by atoms with Gasteiger partial charge < -0.3 is 4.90 Å². The van der Waals surface area contributed by atoms with Crippen molar-refractivity contribution in [3.63, 3.8) is 0 Å². The van der Waals surface area contributed by atoms with Crippen LogP contribution in [-0.2, 0) is 4.79 Å². The molecule has 1 heterocycles. The SMILES string of the molecule is CCCCCN(C(=O)CC(C)CC(C)(C)C)C(C)c1nc2ccccc2c(=O)n1-c1ccc(Cl)cc1. The number of para-hydroxylation sites is 1. The quantitative estimate of drug-likeness (QED) is 0.264. The van der Waals surface area contributed by atoms with Crippen LogP contribution >= 0.6 is 11.6 Å². The second kappa shape index (κ2) is 12.1. The van der Waals surface area contributed by atoms with Crippen molar-refractivity contribution >= 4 is 28.4 Å². The van der Waals surface area contributed by atoms with Crippen molar-refractivity contribution in [3.05, 3.63) is 69.7 Å². The minimum Gasteiger partial charge on any atom is -0.333 e. The van der Waals surface area contributed by atoms with Crippen LogP contribution in [0.2, 0.25) is 5.02 Å². The van der Waals surface area contributed by atoms with Gasteiger partial charge in [-0.15, -0.1) is 0 Å². The zero-order valence-corrected chi connectivity index (χ0v) is 23.3. The van der Waals surface area contributed by atoms with E-state index in [1.165, 1.54) is 0 Å². The first-order valence-corrected chi connectivity index (χ1v) is 13.5. The van der Waals surface area contributed by atoms with Gasteiger partial charge in [0.1, 0.15) is 5.82 Å². The van der Waals surface area contributed by atoms with E-state index in [0.717, 1.165) is 25.7 Å². The third kappa shape index (κ3) is 6.97. The first-order chi connectivity index (χ1) is 17.0. The molecule has 0 N–H and O–H groups in total. The first-order valence-electron chi connectivity index (χ1n) is 13.1. The van der Waals surface area contributed by atoms with Gasteiger partial charge in [-0.2, -0.15) is 0 Å². The number of rotatable bonds is 10. The van der Waals surface area contributed by atoms with Crippen molar-refractivity contribution in [2.45, 2.75) is 79.7 Å². The normalized spacial score (nSPS) is 13.5. The van der Waals surface area contributed by atoms with Gasteiger partial charge in [0.15, 0.2) is 0 Å². The van der Waals surface area contributed by atoms with E-state index in [2.05, 4.69) is 34.6 Å². The fourth-order valence-corrected chi connectivity index (χ4v) is 5.13. The molecular weight excluding hydrogens is 470 g/mol. The molecule has 0 aliphatic carbocycles. The van der Waals surface area contributed by atoms with E-state index < -0.39 is 0 Å². The molecule has 0 bridgehead atoms. The zero-order chi connectivity index (χ0) is 26.5.